The Kier molecular flexibility index (Phi) is 7.17. The molecule has 1 aromatic heterocycles. The highest BCUT2D eigenvalue weighted by Gasteiger charge is 2.37. The van der Waals surface area contributed by atoms with Gasteiger partial charge in [-0.2, -0.15) is 13.2 Å². The normalized spacial score (nSPS) is 18.6. The summed E-state index contributed by atoms with van der Waals surface area (Å²) in [5.74, 6) is 0.601. The van der Waals surface area contributed by atoms with Crippen LogP contribution in [0.25, 0.3) is 16.5 Å². The molecular weight excluding hydrogens is 435 g/mol. The molecule has 2 aliphatic heterocycles. The predicted molar refractivity (Wildman–Crippen MR) is 134 cm³/mol. The van der Waals surface area contributed by atoms with Crippen LogP contribution in [0, 0.1) is 12.8 Å². The standard InChI is InChI=1S/C28H30F3N3/c1-4-7-19(5-2)25-18(3)23-16-21(9-10-24(23)34-27(25)28(29,30)31)26(20-11-14-32-15-12-20)22-8-6-13-33-17-22/h4-5,7-10,16-17,20,26,32H,1-2,6,11-15H2,3H3/b19-7+. The number of pyridine rings is 1. The van der Waals surface area contributed by atoms with Crippen molar-refractivity contribution < 1.29 is 13.2 Å². The molecule has 3 nitrogen and oxygen atoms in total. The van der Waals surface area contributed by atoms with Gasteiger partial charge in [0.05, 0.1) is 5.52 Å². The van der Waals surface area contributed by atoms with Crippen molar-refractivity contribution in [3.8, 4) is 0 Å². The zero-order valence-corrected chi connectivity index (χ0v) is 19.5. The Morgan fingerprint density at radius 1 is 1.21 bits per heavy atom. The van der Waals surface area contributed by atoms with E-state index in [2.05, 4.69) is 34.5 Å². The number of dihydropyridines is 1. The molecule has 0 radical (unpaired) electrons. The molecule has 0 amide bonds. The van der Waals surface area contributed by atoms with Crippen molar-refractivity contribution in [1.29, 1.82) is 0 Å². The number of benzene rings is 1. The van der Waals surface area contributed by atoms with E-state index in [1.165, 1.54) is 17.7 Å². The quantitative estimate of drug-likeness (QED) is 0.476. The number of piperidine rings is 1. The molecule has 2 aliphatic rings. The van der Waals surface area contributed by atoms with Crippen LogP contribution >= 0.6 is 0 Å². The van der Waals surface area contributed by atoms with Crippen molar-refractivity contribution in [1.82, 2.24) is 10.3 Å². The Morgan fingerprint density at radius 3 is 2.59 bits per heavy atom. The summed E-state index contributed by atoms with van der Waals surface area (Å²) < 4.78 is 42.0. The summed E-state index contributed by atoms with van der Waals surface area (Å²) in [6.07, 6.45) is 7.10. The zero-order valence-electron chi connectivity index (χ0n) is 19.5. The van der Waals surface area contributed by atoms with Gasteiger partial charge in [0.15, 0.2) is 5.69 Å². The Labute approximate surface area is 198 Å². The van der Waals surface area contributed by atoms with Gasteiger partial charge in [-0.15, -0.1) is 0 Å². The van der Waals surface area contributed by atoms with Crippen molar-refractivity contribution in [2.24, 2.45) is 10.9 Å². The van der Waals surface area contributed by atoms with Gasteiger partial charge >= 0.3 is 6.18 Å². The van der Waals surface area contributed by atoms with Gasteiger partial charge < -0.3 is 5.32 Å². The first-order valence-corrected chi connectivity index (χ1v) is 11.7. The summed E-state index contributed by atoms with van der Waals surface area (Å²) >= 11 is 0. The molecule has 4 rings (SSSR count). The van der Waals surface area contributed by atoms with Gasteiger partial charge in [0.2, 0.25) is 0 Å². The fraction of sp³-hybridized carbons (Fsp3) is 0.357. The first-order valence-electron chi connectivity index (χ1n) is 11.7. The molecule has 0 bridgehead atoms. The third-order valence-electron chi connectivity index (χ3n) is 6.80. The molecule has 1 aromatic carbocycles. The van der Waals surface area contributed by atoms with E-state index in [0.717, 1.165) is 49.8 Å². The van der Waals surface area contributed by atoms with Crippen LogP contribution in [0.15, 0.2) is 66.2 Å². The lowest BCUT2D eigenvalue weighted by molar-refractivity contribution is -0.141. The average Bonchev–Trinajstić information content (AvgIpc) is 2.84. The van der Waals surface area contributed by atoms with Crippen molar-refractivity contribution >= 4 is 22.7 Å². The Morgan fingerprint density at radius 2 is 1.97 bits per heavy atom. The lowest BCUT2D eigenvalue weighted by Crippen LogP contribution is -2.32. The van der Waals surface area contributed by atoms with Gasteiger partial charge in [0.25, 0.3) is 0 Å². The number of rotatable bonds is 6. The minimum Gasteiger partial charge on any atom is -0.317 e. The molecule has 6 heteroatoms. The van der Waals surface area contributed by atoms with Crippen LogP contribution in [0.4, 0.5) is 13.2 Å². The molecule has 0 aliphatic carbocycles. The molecule has 1 fully saturated rings. The minimum absolute atomic E-state index is 0.0592. The van der Waals surface area contributed by atoms with Gasteiger partial charge in [0, 0.05) is 29.6 Å². The van der Waals surface area contributed by atoms with Crippen molar-refractivity contribution in [3.05, 3.63) is 83.6 Å². The molecule has 1 unspecified atom stereocenters. The largest absolute Gasteiger partial charge is 0.433 e. The molecule has 178 valence electrons. The molecule has 1 saturated heterocycles. The average molecular weight is 466 g/mol. The number of aromatic nitrogens is 1. The van der Waals surface area contributed by atoms with E-state index < -0.39 is 11.9 Å². The predicted octanol–water partition coefficient (Wildman–Crippen LogP) is 6.80. The topological polar surface area (TPSA) is 37.3 Å². The molecular formula is C28H30F3N3. The summed E-state index contributed by atoms with van der Waals surface area (Å²) in [5.41, 5.74) is 2.71. The monoisotopic (exact) mass is 465 g/mol. The number of allylic oxidation sites excluding steroid dienone is 5. The second kappa shape index (κ2) is 10.1. The first kappa shape index (κ1) is 24.1. The highest BCUT2D eigenvalue weighted by atomic mass is 19.4. The van der Waals surface area contributed by atoms with Crippen LogP contribution in [-0.4, -0.2) is 30.8 Å². The number of hydrogen-bond donors (Lipinski definition) is 1. The van der Waals surface area contributed by atoms with Gasteiger partial charge in [-0.3, -0.25) is 4.99 Å². The Hall–Kier alpha value is -2.99. The fourth-order valence-corrected chi connectivity index (χ4v) is 5.22. The van der Waals surface area contributed by atoms with E-state index in [1.807, 2.05) is 18.3 Å². The van der Waals surface area contributed by atoms with Gasteiger partial charge in [-0.05, 0) is 79.6 Å². The number of aryl methyl sites for hydroxylation is 1. The van der Waals surface area contributed by atoms with Crippen molar-refractivity contribution in [2.45, 2.75) is 38.3 Å². The Balaban J connectivity index is 1.93. The fourth-order valence-electron chi connectivity index (χ4n) is 5.22. The molecule has 0 saturated carbocycles. The third-order valence-corrected chi connectivity index (χ3v) is 6.80. The molecule has 34 heavy (non-hydrogen) atoms. The van der Waals surface area contributed by atoms with E-state index in [0.29, 0.717) is 22.6 Å². The van der Waals surface area contributed by atoms with E-state index in [1.54, 1.807) is 19.1 Å². The van der Waals surface area contributed by atoms with Crippen LogP contribution in [0.1, 0.15) is 47.6 Å². The molecule has 0 spiro atoms. The second-order valence-corrected chi connectivity index (χ2v) is 8.89. The number of fused-ring (bicyclic) bond motifs is 1. The number of alkyl halides is 3. The summed E-state index contributed by atoms with van der Waals surface area (Å²) in [5, 5.41) is 4.15. The number of halogens is 3. The van der Waals surface area contributed by atoms with Gasteiger partial charge in [-0.25, -0.2) is 4.98 Å². The van der Waals surface area contributed by atoms with Crippen LogP contribution in [0.3, 0.4) is 0 Å². The molecule has 3 heterocycles. The summed E-state index contributed by atoms with van der Waals surface area (Å²) in [6, 6.07) is 5.71. The van der Waals surface area contributed by atoms with E-state index in [-0.39, 0.29) is 11.5 Å². The third kappa shape index (κ3) is 4.78. The maximum Gasteiger partial charge on any atom is 0.433 e. The van der Waals surface area contributed by atoms with E-state index in [9.17, 15) is 13.2 Å². The first-order chi connectivity index (χ1) is 16.3. The van der Waals surface area contributed by atoms with Gasteiger partial charge in [0.1, 0.15) is 0 Å². The van der Waals surface area contributed by atoms with Crippen LogP contribution in [0.2, 0.25) is 0 Å². The number of nitrogens with zero attached hydrogens (tertiary/aromatic N) is 2. The molecule has 1 atom stereocenters. The summed E-state index contributed by atoms with van der Waals surface area (Å²) in [7, 11) is 0. The lowest BCUT2D eigenvalue weighted by Gasteiger charge is -2.33. The second-order valence-electron chi connectivity index (χ2n) is 8.89. The Bertz CT molecular complexity index is 1180. The van der Waals surface area contributed by atoms with Crippen LogP contribution in [-0.2, 0) is 6.18 Å². The maximum absolute atomic E-state index is 14.0. The van der Waals surface area contributed by atoms with E-state index in [4.69, 9.17) is 0 Å². The van der Waals surface area contributed by atoms with Crippen molar-refractivity contribution in [2.75, 3.05) is 19.6 Å². The molecule has 2 aromatic rings. The smallest absolute Gasteiger partial charge is 0.317 e. The number of nitrogens with one attached hydrogen (secondary N) is 1. The lowest BCUT2D eigenvalue weighted by atomic mass is 9.75. The SMILES string of the molecule is C=C/C=C(\C=C)c1c(C(F)(F)F)nc2ccc(C(C3=CCCN=C3)C3CCNCC3)cc2c1C. The van der Waals surface area contributed by atoms with E-state index >= 15 is 0 Å². The highest BCUT2D eigenvalue weighted by Crippen LogP contribution is 2.41. The van der Waals surface area contributed by atoms with Gasteiger partial charge in [-0.1, -0.05) is 43.5 Å². The number of hydrogen-bond acceptors (Lipinski definition) is 3. The zero-order chi connectivity index (χ0) is 24.3. The minimum atomic E-state index is -4.59. The summed E-state index contributed by atoms with van der Waals surface area (Å²) in [4.78, 5) is 8.60. The maximum atomic E-state index is 14.0. The van der Waals surface area contributed by atoms with Crippen molar-refractivity contribution in [3.63, 3.8) is 0 Å². The summed E-state index contributed by atoms with van der Waals surface area (Å²) in [6.45, 7) is 11.8. The molecule has 1 N–H and O–H groups in total. The van der Waals surface area contributed by atoms with Crippen LogP contribution < -0.4 is 5.32 Å². The number of aliphatic imine (C=N–C) groups is 1. The highest BCUT2D eigenvalue weighted by molar-refractivity contribution is 5.91. The van der Waals surface area contributed by atoms with Crippen LogP contribution in [0.5, 0.6) is 0 Å².